The summed E-state index contributed by atoms with van der Waals surface area (Å²) >= 11 is 0. The van der Waals surface area contributed by atoms with Crippen LogP contribution in [0.3, 0.4) is 0 Å². The van der Waals surface area contributed by atoms with Crippen LogP contribution in [0.1, 0.15) is 29.8 Å². The topological polar surface area (TPSA) is 130 Å². The van der Waals surface area contributed by atoms with E-state index < -0.39 is 31.1 Å². The van der Waals surface area contributed by atoms with Crippen LogP contribution in [-0.4, -0.2) is 49.9 Å². The van der Waals surface area contributed by atoms with Gasteiger partial charge in [0.25, 0.3) is 15.7 Å². The molecule has 3 aromatic rings. The Labute approximate surface area is 216 Å². The Morgan fingerprint density at radius 2 is 1.46 bits per heavy atom. The van der Waals surface area contributed by atoms with Gasteiger partial charge in [0.1, 0.15) is 12.0 Å². The molecule has 1 saturated heterocycles. The molecule has 10 nitrogen and oxygen atoms in total. The maximum atomic E-state index is 13.7. The monoisotopic (exact) mass is 542 g/mol. The fourth-order valence-corrected chi connectivity index (χ4v) is 6.79. The highest BCUT2D eigenvalue weighted by molar-refractivity contribution is 7.90. The molecule has 0 N–H and O–H groups in total. The van der Waals surface area contributed by atoms with Crippen molar-refractivity contribution in [2.45, 2.75) is 36.7 Å². The molecule has 1 atom stereocenters. The van der Waals surface area contributed by atoms with Gasteiger partial charge in [0, 0.05) is 25.2 Å². The lowest BCUT2D eigenvalue weighted by molar-refractivity contribution is -0.385. The van der Waals surface area contributed by atoms with Crippen LogP contribution in [0.5, 0.6) is 0 Å². The predicted molar refractivity (Wildman–Crippen MR) is 139 cm³/mol. The van der Waals surface area contributed by atoms with Gasteiger partial charge in [0.15, 0.2) is 0 Å². The molecule has 0 spiro atoms. The quantitative estimate of drug-likeness (QED) is 0.199. The molecule has 1 aliphatic heterocycles. The molecule has 3 aromatic carbocycles. The standard InChI is InChI=1S/C25H26N4O6S2/c1-18-7-11-23(12-8-18)36(32,33)26-20(3)27-15-16-28(37(34,35)24-13-9-19(2)10-14-24)25(27)21-5-4-6-22(17-21)29(30)31/h4-14,17,25H,15-16H2,1-3H3/t25-/m1/s1. The van der Waals surface area contributed by atoms with E-state index in [0.29, 0.717) is 5.56 Å². The first-order chi connectivity index (χ1) is 17.4. The van der Waals surface area contributed by atoms with Crippen molar-refractivity contribution >= 4 is 31.6 Å². The number of non-ortho nitro benzene ring substituents is 1. The number of hydrogen-bond acceptors (Lipinski definition) is 6. The summed E-state index contributed by atoms with van der Waals surface area (Å²) in [7, 11) is -8.12. The Bertz CT molecular complexity index is 1570. The normalized spacial score (nSPS) is 17.2. The molecule has 1 aliphatic rings. The maximum Gasteiger partial charge on any atom is 0.283 e. The molecule has 1 fully saturated rings. The van der Waals surface area contributed by atoms with Gasteiger partial charge in [0.05, 0.1) is 14.7 Å². The van der Waals surface area contributed by atoms with E-state index in [2.05, 4.69) is 4.40 Å². The van der Waals surface area contributed by atoms with Gasteiger partial charge in [0.2, 0.25) is 10.0 Å². The summed E-state index contributed by atoms with van der Waals surface area (Å²) in [4.78, 5) is 12.5. The predicted octanol–water partition coefficient (Wildman–Crippen LogP) is 4.02. The van der Waals surface area contributed by atoms with E-state index >= 15 is 0 Å². The van der Waals surface area contributed by atoms with Gasteiger partial charge >= 0.3 is 0 Å². The lowest BCUT2D eigenvalue weighted by Gasteiger charge is -2.31. The van der Waals surface area contributed by atoms with Crippen molar-refractivity contribution in [2.24, 2.45) is 4.40 Å². The molecule has 0 saturated carbocycles. The molecule has 37 heavy (non-hydrogen) atoms. The molecule has 12 heteroatoms. The van der Waals surface area contributed by atoms with E-state index in [4.69, 9.17) is 0 Å². The largest absolute Gasteiger partial charge is 0.337 e. The SMILES string of the molecule is CC(=NS(=O)(=O)c1ccc(C)cc1)N1CCN(S(=O)(=O)c2ccc(C)cc2)[C@@H]1c1cccc([N+](=O)[O-])c1. The molecule has 1 heterocycles. The van der Waals surface area contributed by atoms with Crippen LogP contribution in [-0.2, 0) is 20.0 Å². The molecule has 0 radical (unpaired) electrons. The molecule has 194 valence electrons. The summed E-state index contributed by atoms with van der Waals surface area (Å²) in [6.07, 6.45) is -1.04. The smallest absolute Gasteiger partial charge is 0.283 e. The lowest BCUT2D eigenvalue weighted by atomic mass is 10.1. The first-order valence-electron chi connectivity index (χ1n) is 11.4. The first-order valence-corrected chi connectivity index (χ1v) is 14.3. The molecule has 0 unspecified atom stereocenters. The fraction of sp³-hybridized carbons (Fsp3) is 0.240. The van der Waals surface area contributed by atoms with Crippen molar-refractivity contribution in [3.05, 3.63) is 99.6 Å². The van der Waals surface area contributed by atoms with Crippen LogP contribution >= 0.6 is 0 Å². The van der Waals surface area contributed by atoms with E-state index in [1.807, 2.05) is 13.8 Å². The highest BCUT2D eigenvalue weighted by atomic mass is 32.2. The van der Waals surface area contributed by atoms with Crippen LogP contribution in [0, 0.1) is 24.0 Å². The summed E-state index contributed by atoms with van der Waals surface area (Å²) in [5, 5.41) is 11.4. The van der Waals surface area contributed by atoms with E-state index in [1.54, 1.807) is 30.3 Å². The second-order valence-corrected chi connectivity index (χ2v) is 12.3. The molecule has 0 aromatic heterocycles. The number of benzene rings is 3. The van der Waals surface area contributed by atoms with Crippen molar-refractivity contribution in [3.8, 4) is 0 Å². The number of sulfonamides is 2. The summed E-state index contributed by atoms with van der Waals surface area (Å²) in [6, 6.07) is 18.3. The van der Waals surface area contributed by atoms with E-state index in [0.717, 1.165) is 11.1 Å². The number of amidine groups is 1. The summed E-state index contributed by atoms with van der Waals surface area (Å²) < 4.78 is 58.5. The third-order valence-corrected chi connectivity index (χ3v) is 9.36. The number of nitro benzene ring substituents is 1. The van der Waals surface area contributed by atoms with Gasteiger partial charge in [-0.3, -0.25) is 10.1 Å². The van der Waals surface area contributed by atoms with Gasteiger partial charge in [-0.2, -0.15) is 12.7 Å². The van der Waals surface area contributed by atoms with Crippen molar-refractivity contribution in [1.29, 1.82) is 0 Å². The Balaban J connectivity index is 1.80. The van der Waals surface area contributed by atoms with Crippen molar-refractivity contribution in [3.63, 3.8) is 0 Å². The van der Waals surface area contributed by atoms with Crippen LogP contribution < -0.4 is 0 Å². The van der Waals surface area contributed by atoms with Gasteiger partial charge < -0.3 is 4.90 Å². The Hall–Kier alpha value is -3.61. The van der Waals surface area contributed by atoms with Crippen LogP contribution in [0.15, 0.2) is 87.0 Å². The summed E-state index contributed by atoms with van der Waals surface area (Å²) in [5.74, 6) is 0.0682. The molecule has 0 aliphatic carbocycles. The zero-order valence-electron chi connectivity index (χ0n) is 20.5. The second-order valence-electron chi connectivity index (χ2n) is 8.77. The average Bonchev–Trinajstić information content (AvgIpc) is 3.31. The highest BCUT2D eigenvalue weighted by Crippen LogP contribution is 2.36. The third-order valence-electron chi connectivity index (χ3n) is 6.12. The second kappa shape index (κ2) is 10.0. The van der Waals surface area contributed by atoms with Crippen LogP contribution in [0.2, 0.25) is 0 Å². The van der Waals surface area contributed by atoms with Gasteiger partial charge in [-0.05, 0) is 50.6 Å². The summed E-state index contributed by atoms with van der Waals surface area (Å²) in [5.41, 5.74) is 1.90. The number of nitrogens with zero attached hydrogens (tertiary/aromatic N) is 4. The third kappa shape index (κ3) is 5.41. The van der Waals surface area contributed by atoms with E-state index in [9.17, 15) is 26.9 Å². The zero-order valence-corrected chi connectivity index (χ0v) is 22.1. The maximum absolute atomic E-state index is 13.7. The van der Waals surface area contributed by atoms with Crippen LogP contribution in [0.25, 0.3) is 0 Å². The lowest BCUT2D eigenvalue weighted by Crippen LogP contribution is -2.37. The number of rotatable bonds is 6. The Kier molecular flexibility index (Phi) is 7.18. The molecule has 0 bridgehead atoms. The van der Waals surface area contributed by atoms with Crippen LogP contribution in [0.4, 0.5) is 5.69 Å². The van der Waals surface area contributed by atoms with Gasteiger partial charge in [-0.15, -0.1) is 4.40 Å². The van der Waals surface area contributed by atoms with E-state index in [1.165, 1.54) is 58.6 Å². The molecular weight excluding hydrogens is 516 g/mol. The van der Waals surface area contributed by atoms with Gasteiger partial charge in [-0.1, -0.05) is 47.5 Å². The number of hydrogen-bond donors (Lipinski definition) is 0. The van der Waals surface area contributed by atoms with Crippen molar-refractivity contribution in [2.75, 3.05) is 13.1 Å². The number of aryl methyl sites for hydroxylation is 2. The van der Waals surface area contributed by atoms with E-state index in [-0.39, 0.29) is 34.4 Å². The summed E-state index contributed by atoms with van der Waals surface area (Å²) in [6.45, 7) is 5.33. The molecular formula is C25H26N4O6S2. The minimum Gasteiger partial charge on any atom is -0.337 e. The minimum absolute atomic E-state index is 0.00711. The van der Waals surface area contributed by atoms with Crippen molar-refractivity contribution < 1.29 is 21.8 Å². The minimum atomic E-state index is -4.08. The van der Waals surface area contributed by atoms with Gasteiger partial charge in [-0.25, -0.2) is 8.42 Å². The van der Waals surface area contributed by atoms with Crippen molar-refractivity contribution in [1.82, 2.24) is 9.21 Å². The zero-order chi connectivity index (χ0) is 27.0. The average molecular weight is 543 g/mol. The number of nitro groups is 1. The highest BCUT2D eigenvalue weighted by Gasteiger charge is 2.42. The molecule has 0 amide bonds. The Morgan fingerprint density at radius 3 is 2.03 bits per heavy atom. The fourth-order valence-electron chi connectivity index (χ4n) is 4.18. The first kappa shape index (κ1) is 26.5. The molecule has 4 rings (SSSR count). The Morgan fingerprint density at radius 1 is 0.892 bits per heavy atom.